The van der Waals surface area contributed by atoms with Crippen molar-refractivity contribution in [3.63, 3.8) is 0 Å². The van der Waals surface area contributed by atoms with Crippen LogP contribution < -0.4 is 10.6 Å². The second-order valence-electron chi connectivity index (χ2n) is 34.0. The van der Waals surface area contributed by atoms with Crippen molar-refractivity contribution in [3.8, 4) is 0 Å². The predicted molar refractivity (Wildman–Crippen MR) is 473 cm³/mol. The number of hydrogen-bond acceptors (Lipinski definition) is 32. The monoisotopic (exact) mass is 1820 g/mol. The molecule has 0 radical (unpaired) electrons. The van der Waals surface area contributed by atoms with Crippen LogP contribution in [-0.2, 0) is 100.0 Å². The van der Waals surface area contributed by atoms with Crippen molar-refractivity contribution in [1.82, 2.24) is 20.5 Å². The van der Waals surface area contributed by atoms with Crippen LogP contribution in [0.3, 0.4) is 0 Å². The van der Waals surface area contributed by atoms with Crippen LogP contribution in [-0.4, -0.2) is 278 Å². The normalized spacial score (nSPS) is 18.9. The number of thioether (sulfide) groups is 2. The average molecular weight is 1820 g/mol. The minimum absolute atomic E-state index is 0.0182. The number of aliphatic carboxylic acids is 1. The van der Waals surface area contributed by atoms with E-state index in [2.05, 4.69) is 20.5 Å². The van der Waals surface area contributed by atoms with Crippen LogP contribution in [0.4, 0.5) is 4.79 Å². The number of esters is 5. The number of thiocarbonyl (C=S) groups is 1. The summed E-state index contributed by atoms with van der Waals surface area (Å²) in [7, 11) is 7.75. The minimum atomic E-state index is -1.96. The maximum Gasteiger partial charge on any atom is 0.407 e. The molecule has 7 unspecified atom stereocenters. The van der Waals surface area contributed by atoms with Crippen LogP contribution in [0.25, 0.3) is 4.85 Å². The van der Waals surface area contributed by atoms with Gasteiger partial charge in [0.25, 0.3) is 0 Å². The van der Waals surface area contributed by atoms with Gasteiger partial charge in [0.1, 0.15) is 81.3 Å². The summed E-state index contributed by atoms with van der Waals surface area (Å²) >= 11 is 8.13. The Kier molecular flexibility index (Phi) is 54.4. The SMILES string of the molecule is [C-]#[N+]C(C)(CCC(=O)CCCOCCOCCC(=O)CCCCCCO[C@@H]1O[C@H](CO)[C@H](O)[C@H](O)[C@H]1NC(C)=O)CC(C)(CC(C)(CC(C)(CC(C)(CCC(C)(CCC(CCC)(SC(=S)SCC)C(=O)O)C(=O)OCCCC)C(=O)OCCN(C)C)C(=O)OCCOC)C(=O)OCCOCCNC(=O)OC(C)(C)C)C(=O)OCCSSc1ccccn1. The van der Waals surface area contributed by atoms with E-state index in [0.29, 0.717) is 65.8 Å². The Morgan fingerprint density at radius 1 is 0.598 bits per heavy atom. The zero-order valence-corrected chi connectivity index (χ0v) is 79.2. The van der Waals surface area contributed by atoms with Gasteiger partial charge in [-0.15, -0.1) is 11.8 Å². The maximum absolute atomic E-state index is 15.7. The smallest absolute Gasteiger partial charge is 0.407 e. The molecule has 698 valence electrons. The number of carboxylic acids is 1. The number of Topliss-reactive ketones (excluding diaryl/α,β-unsaturated/α-hetero) is 2. The number of aliphatic hydroxyl groups is 3. The maximum atomic E-state index is 15.7. The number of carboxylic acid groups (broad SMARTS) is 1. The Labute approximate surface area is 745 Å². The molecule has 0 spiro atoms. The van der Waals surface area contributed by atoms with E-state index in [1.807, 2.05) is 37.8 Å². The number of amides is 2. The largest absolute Gasteiger partial charge is 0.480 e. The van der Waals surface area contributed by atoms with Gasteiger partial charge in [0.2, 0.25) is 11.4 Å². The number of methoxy groups -OCH3 is 1. The minimum Gasteiger partial charge on any atom is -0.480 e. The molecule has 0 aliphatic carbocycles. The van der Waals surface area contributed by atoms with Gasteiger partial charge in [-0.3, -0.25) is 43.2 Å². The summed E-state index contributed by atoms with van der Waals surface area (Å²) in [5.74, 6) is -4.81. The number of likely N-dealkylation sites (N-methyl/N-ethyl adjacent to an activating group) is 1. The first-order valence-corrected chi connectivity index (χ1v) is 47.0. The van der Waals surface area contributed by atoms with Gasteiger partial charge in [0.05, 0.1) is 79.9 Å². The van der Waals surface area contributed by atoms with Gasteiger partial charge in [0, 0.05) is 97.7 Å². The topological polar surface area (TPSA) is 407 Å². The number of unbranched alkanes of at least 4 members (excludes halogenated alkanes) is 4. The van der Waals surface area contributed by atoms with E-state index in [1.54, 1.807) is 81.7 Å². The van der Waals surface area contributed by atoms with Gasteiger partial charge < -0.3 is 97.6 Å². The zero-order chi connectivity index (χ0) is 91.6. The van der Waals surface area contributed by atoms with Crippen LogP contribution in [0.2, 0.25) is 0 Å². The molecule has 36 heteroatoms. The van der Waals surface area contributed by atoms with E-state index in [4.69, 9.17) is 75.6 Å². The lowest BCUT2D eigenvalue weighted by Gasteiger charge is -2.44. The number of alkyl carbamates (subject to hydrolysis) is 1. The van der Waals surface area contributed by atoms with E-state index >= 15 is 19.2 Å². The van der Waals surface area contributed by atoms with Gasteiger partial charge >= 0.3 is 41.9 Å². The second-order valence-corrected chi connectivity index (χ2v) is 40.3. The summed E-state index contributed by atoms with van der Waals surface area (Å²) in [6, 6.07) is 4.42. The fourth-order valence-electron chi connectivity index (χ4n) is 14.4. The van der Waals surface area contributed by atoms with Crippen molar-refractivity contribution in [2.45, 2.75) is 283 Å². The fourth-order valence-corrected chi connectivity index (χ4v) is 19.2. The number of pyridine rings is 1. The third-order valence-electron chi connectivity index (χ3n) is 20.8. The first kappa shape index (κ1) is 113. The van der Waals surface area contributed by atoms with Crippen molar-refractivity contribution in [2.24, 2.45) is 27.1 Å². The fraction of sp³-hybridized carbons (Fsp3) is 0.802. The van der Waals surface area contributed by atoms with Crippen LogP contribution in [0.15, 0.2) is 29.4 Å². The number of rotatable bonds is 67. The molecule has 1 aliphatic rings. The van der Waals surface area contributed by atoms with Gasteiger partial charge in [-0.2, -0.15) is 0 Å². The van der Waals surface area contributed by atoms with Crippen molar-refractivity contribution < 1.29 is 125 Å². The van der Waals surface area contributed by atoms with E-state index < -0.39 is 147 Å². The molecule has 12 atom stereocenters. The molecule has 1 saturated heterocycles. The summed E-state index contributed by atoms with van der Waals surface area (Å²) in [4.78, 5) is 152. The predicted octanol–water partition coefficient (Wildman–Crippen LogP) is 12.3. The molecule has 2 amide bonds. The number of carbonyl (C=O) groups excluding carboxylic acids is 9. The van der Waals surface area contributed by atoms with Gasteiger partial charge in [-0.05, 0) is 175 Å². The first-order valence-electron chi connectivity index (χ1n) is 42.5. The quantitative estimate of drug-likeness (QED) is 0.00881. The number of ketones is 2. The number of aliphatic hydroxyl groups excluding tert-OH is 3. The summed E-state index contributed by atoms with van der Waals surface area (Å²) in [5, 5.41) is 47.2. The van der Waals surface area contributed by atoms with Crippen LogP contribution in [0, 0.1) is 33.6 Å². The molecular formula is C86H143N5O26S5. The van der Waals surface area contributed by atoms with Crippen molar-refractivity contribution in [2.75, 3.05) is 138 Å². The number of nitrogens with zero attached hydrogens (tertiary/aromatic N) is 3. The van der Waals surface area contributed by atoms with Gasteiger partial charge in [-0.25, -0.2) is 16.4 Å². The van der Waals surface area contributed by atoms with Crippen LogP contribution in [0.5, 0.6) is 0 Å². The standard InChI is InChI=1S/C86H143N5O26S5/c1-18-21-44-111-72(100)80(8,38-39-86(34-19-2,71(98)99)121-78(118)119-20-3)36-37-81(9,73(101)112-48-42-91(15)16)58-82(10,74(102)113-53-49-106-17)59-83(11,75(103)114-54-52-109-47-41-89-77(105)117-79(5,6)7)60-84(12,76(104)115-55-56-120-122-66-31-25-26-40-88-66)61-85(13,87-14)35-32-63(94)30-28-43-107-50-51-108-46-33-64(95)29-24-22-23-27-45-110-70-67(90-62(4)93)69(97)68(96)65(57-92)116-70/h25-26,31,40,65,67-70,92,96-97H,18-24,27-30,32-39,41-61H2,1-13,15-17H3,(H,89,105)(H,90,93)(H,98,99)/t65-,67-,68+,69-,70-,80?,81?,82?,83?,84?,85?,86?/m1/s1. The lowest BCUT2D eigenvalue weighted by molar-refractivity contribution is -0.270. The first-order chi connectivity index (χ1) is 57.5. The molecule has 2 rings (SSSR count). The number of aromatic nitrogens is 1. The van der Waals surface area contributed by atoms with Gasteiger partial charge in [-0.1, -0.05) is 87.3 Å². The van der Waals surface area contributed by atoms with Crippen LogP contribution in [0.1, 0.15) is 231 Å². The molecule has 1 aromatic rings. The van der Waals surface area contributed by atoms with Crippen molar-refractivity contribution in [3.05, 3.63) is 35.8 Å². The summed E-state index contributed by atoms with van der Waals surface area (Å²) in [6.07, 6.45) is -0.475. The molecule has 1 fully saturated rings. The molecular weight excluding hydrogens is 1680 g/mol. The lowest BCUT2D eigenvalue weighted by Crippen LogP contribution is -2.64. The third kappa shape index (κ3) is 43.4. The Morgan fingerprint density at radius 2 is 1.16 bits per heavy atom. The van der Waals surface area contributed by atoms with Crippen molar-refractivity contribution in [1.29, 1.82) is 0 Å². The third-order valence-corrected chi connectivity index (χ3v) is 25.9. The molecule has 122 heavy (non-hydrogen) atoms. The highest BCUT2D eigenvalue weighted by molar-refractivity contribution is 8.76. The second kappa shape index (κ2) is 58.9. The number of ether oxygens (including phenoxy) is 12. The zero-order valence-electron chi connectivity index (χ0n) is 75.1. The molecule has 1 aliphatic heterocycles. The molecule has 0 saturated carbocycles. The number of nitrogens with one attached hydrogen (secondary N) is 2. The molecule has 31 nitrogen and oxygen atoms in total. The summed E-state index contributed by atoms with van der Waals surface area (Å²) in [6.45, 7) is 30.2. The highest BCUT2D eigenvalue weighted by Crippen LogP contribution is 2.54. The van der Waals surface area contributed by atoms with E-state index in [0.717, 1.165) is 24.6 Å². The van der Waals surface area contributed by atoms with E-state index in [1.165, 1.54) is 54.3 Å². The summed E-state index contributed by atoms with van der Waals surface area (Å²) < 4.78 is 68.8. The van der Waals surface area contributed by atoms with Crippen LogP contribution >= 0.6 is 57.3 Å². The van der Waals surface area contributed by atoms with Crippen molar-refractivity contribution >= 4 is 120 Å². The number of carbonyl (C=O) groups is 10. The van der Waals surface area contributed by atoms with E-state index in [9.17, 15) is 49.2 Å². The Hall–Kier alpha value is -5.37. The van der Waals surface area contributed by atoms with Gasteiger partial charge in [0.15, 0.2) is 6.29 Å². The molecule has 0 aromatic carbocycles. The molecule has 1 aromatic heterocycles. The lowest BCUT2D eigenvalue weighted by atomic mass is 9.59. The molecule has 0 bridgehead atoms. The molecule has 2 heterocycles. The van der Waals surface area contributed by atoms with E-state index in [-0.39, 0.29) is 174 Å². The Bertz CT molecular complexity index is 3380. The Morgan fingerprint density at radius 3 is 1.75 bits per heavy atom. The highest BCUT2D eigenvalue weighted by Gasteiger charge is 2.58. The highest BCUT2D eigenvalue weighted by atomic mass is 33.1. The molecule has 6 N–H and O–H groups in total. The number of hydrogen-bond donors (Lipinski definition) is 6. The Balaban J connectivity index is 2.63. The average Bonchev–Trinajstić information content (AvgIpc) is 0.759. The summed E-state index contributed by atoms with van der Waals surface area (Å²) in [5.41, 5.74) is -11.1.